The molecule has 1 atom stereocenters. The molecule has 4 heteroatoms. The van der Waals surface area contributed by atoms with Crippen molar-refractivity contribution in [3.63, 3.8) is 0 Å². The number of carboxylic acid groups (broad SMARTS) is 1. The van der Waals surface area contributed by atoms with E-state index < -0.39 is 12.0 Å². The Kier molecular flexibility index (Phi) is 3.89. The van der Waals surface area contributed by atoms with Crippen LogP contribution in [-0.2, 0) is 4.79 Å². The highest BCUT2D eigenvalue weighted by molar-refractivity contribution is 7.81. The van der Waals surface area contributed by atoms with Gasteiger partial charge in [0.15, 0.2) is 0 Å². The molecule has 0 bridgehead atoms. The second-order valence-corrected chi connectivity index (χ2v) is 4.51. The number of carbonyl (C=O) groups is 1. The number of aliphatic carboxylic acids is 1. The minimum atomic E-state index is -0.942. The Hall–Kier alpha value is -0.220. The standard InChI is InChI=1S/C7H15NO2S/c1-7(2,11)4-3-5(8)6(9)10/h5,11H,3-4,8H2,1-2H3,(H,9,10). The Morgan fingerprint density at radius 2 is 2.18 bits per heavy atom. The summed E-state index contributed by atoms with van der Waals surface area (Å²) in [6.45, 7) is 3.87. The van der Waals surface area contributed by atoms with Crippen molar-refractivity contribution in [1.82, 2.24) is 0 Å². The highest BCUT2D eigenvalue weighted by Gasteiger charge is 2.17. The molecule has 0 aliphatic heterocycles. The predicted molar refractivity (Wildman–Crippen MR) is 47.9 cm³/mol. The van der Waals surface area contributed by atoms with Crippen molar-refractivity contribution in [2.24, 2.45) is 5.73 Å². The fourth-order valence-corrected chi connectivity index (χ4v) is 0.761. The Morgan fingerprint density at radius 3 is 2.45 bits per heavy atom. The third-order valence-electron chi connectivity index (χ3n) is 1.38. The van der Waals surface area contributed by atoms with Gasteiger partial charge in [0, 0.05) is 4.75 Å². The lowest BCUT2D eigenvalue weighted by Gasteiger charge is -2.17. The molecule has 1 unspecified atom stereocenters. The van der Waals surface area contributed by atoms with Crippen molar-refractivity contribution in [2.75, 3.05) is 0 Å². The highest BCUT2D eigenvalue weighted by Crippen LogP contribution is 2.19. The van der Waals surface area contributed by atoms with E-state index in [1.54, 1.807) is 0 Å². The van der Waals surface area contributed by atoms with Crippen molar-refractivity contribution in [1.29, 1.82) is 0 Å². The molecule has 66 valence electrons. The van der Waals surface area contributed by atoms with Crippen LogP contribution in [-0.4, -0.2) is 21.9 Å². The summed E-state index contributed by atoms with van der Waals surface area (Å²) in [5.74, 6) is -0.942. The molecule has 3 N–H and O–H groups in total. The zero-order valence-electron chi connectivity index (χ0n) is 6.87. The largest absolute Gasteiger partial charge is 0.480 e. The van der Waals surface area contributed by atoms with Gasteiger partial charge in [-0.2, -0.15) is 12.6 Å². The van der Waals surface area contributed by atoms with E-state index in [1.807, 2.05) is 13.8 Å². The predicted octanol–water partition coefficient (Wildman–Crippen LogP) is 0.887. The van der Waals surface area contributed by atoms with Crippen LogP contribution < -0.4 is 5.73 Å². The van der Waals surface area contributed by atoms with Crippen LogP contribution in [0.4, 0.5) is 0 Å². The molecule has 3 nitrogen and oxygen atoms in total. The molecule has 0 saturated heterocycles. The molecular weight excluding hydrogens is 162 g/mol. The molecule has 11 heavy (non-hydrogen) atoms. The summed E-state index contributed by atoms with van der Waals surface area (Å²) >= 11 is 4.25. The highest BCUT2D eigenvalue weighted by atomic mass is 32.1. The van der Waals surface area contributed by atoms with Crippen LogP contribution in [0.25, 0.3) is 0 Å². The quantitative estimate of drug-likeness (QED) is 0.559. The van der Waals surface area contributed by atoms with Crippen LogP contribution in [0, 0.1) is 0 Å². The summed E-state index contributed by atoms with van der Waals surface area (Å²) in [6, 6.07) is -0.749. The Labute approximate surface area is 72.4 Å². The average Bonchev–Trinajstić information content (AvgIpc) is 1.80. The summed E-state index contributed by atoms with van der Waals surface area (Å²) in [5, 5.41) is 8.43. The van der Waals surface area contributed by atoms with Crippen LogP contribution in [0.1, 0.15) is 26.7 Å². The number of thiol groups is 1. The van der Waals surface area contributed by atoms with Crippen LogP contribution >= 0.6 is 12.6 Å². The van der Waals surface area contributed by atoms with Gasteiger partial charge in [-0.3, -0.25) is 4.79 Å². The molecular formula is C7H15NO2S. The van der Waals surface area contributed by atoms with Crippen molar-refractivity contribution in [3.8, 4) is 0 Å². The van der Waals surface area contributed by atoms with E-state index >= 15 is 0 Å². The fraction of sp³-hybridized carbons (Fsp3) is 0.857. The maximum absolute atomic E-state index is 10.3. The summed E-state index contributed by atoms with van der Waals surface area (Å²) in [7, 11) is 0. The normalized spacial score (nSPS) is 14.5. The third-order valence-corrected chi connectivity index (χ3v) is 1.61. The molecule has 0 radical (unpaired) electrons. The SMILES string of the molecule is CC(C)(S)CCC(N)C(=O)O. The van der Waals surface area contributed by atoms with E-state index in [0.29, 0.717) is 12.8 Å². The molecule has 0 rings (SSSR count). The van der Waals surface area contributed by atoms with Crippen molar-refractivity contribution < 1.29 is 9.90 Å². The Balaban J connectivity index is 3.63. The molecule has 0 aromatic heterocycles. The molecule has 0 spiro atoms. The number of nitrogens with two attached hydrogens (primary N) is 1. The summed E-state index contributed by atoms with van der Waals surface area (Å²) < 4.78 is -0.132. The fourth-order valence-electron chi connectivity index (χ4n) is 0.632. The first-order valence-electron chi connectivity index (χ1n) is 3.54. The first-order valence-corrected chi connectivity index (χ1v) is 3.98. The molecule has 0 saturated carbocycles. The number of hydrogen-bond donors (Lipinski definition) is 3. The molecule has 0 aromatic rings. The van der Waals surface area contributed by atoms with Gasteiger partial charge < -0.3 is 10.8 Å². The number of carboxylic acids is 1. The second-order valence-electron chi connectivity index (χ2n) is 3.30. The van der Waals surface area contributed by atoms with Gasteiger partial charge in [0.25, 0.3) is 0 Å². The van der Waals surface area contributed by atoms with E-state index in [4.69, 9.17) is 10.8 Å². The first kappa shape index (κ1) is 10.8. The van der Waals surface area contributed by atoms with Crippen molar-refractivity contribution >= 4 is 18.6 Å². The summed E-state index contributed by atoms with van der Waals surface area (Å²) in [5.41, 5.74) is 5.29. The summed E-state index contributed by atoms with van der Waals surface area (Å²) in [6.07, 6.45) is 1.19. The summed E-state index contributed by atoms with van der Waals surface area (Å²) in [4.78, 5) is 10.3. The van der Waals surface area contributed by atoms with Gasteiger partial charge >= 0.3 is 5.97 Å². The number of hydrogen-bond acceptors (Lipinski definition) is 3. The molecule has 0 aliphatic carbocycles. The van der Waals surface area contributed by atoms with Gasteiger partial charge in [0.1, 0.15) is 6.04 Å². The van der Waals surface area contributed by atoms with Gasteiger partial charge in [-0.15, -0.1) is 0 Å². The molecule has 0 aromatic carbocycles. The van der Waals surface area contributed by atoms with E-state index in [-0.39, 0.29) is 4.75 Å². The smallest absolute Gasteiger partial charge is 0.320 e. The van der Waals surface area contributed by atoms with Crippen LogP contribution in [0.2, 0.25) is 0 Å². The van der Waals surface area contributed by atoms with Crippen LogP contribution in [0.3, 0.4) is 0 Å². The van der Waals surface area contributed by atoms with Crippen molar-refractivity contribution in [2.45, 2.75) is 37.5 Å². The van der Waals surface area contributed by atoms with E-state index in [0.717, 1.165) is 0 Å². The van der Waals surface area contributed by atoms with E-state index in [9.17, 15) is 4.79 Å². The average molecular weight is 177 g/mol. The van der Waals surface area contributed by atoms with E-state index in [2.05, 4.69) is 12.6 Å². The van der Waals surface area contributed by atoms with Crippen molar-refractivity contribution in [3.05, 3.63) is 0 Å². The Morgan fingerprint density at radius 1 is 1.73 bits per heavy atom. The van der Waals surface area contributed by atoms with Crippen LogP contribution in [0.5, 0.6) is 0 Å². The topological polar surface area (TPSA) is 63.3 Å². The molecule has 0 amide bonds. The Bertz CT molecular complexity index is 142. The maximum Gasteiger partial charge on any atom is 0.320 e. The molecule has 0 aliphatic rings. The minimum absolute atomic E-state index is 0.132. The second kappa shape index (κ2) is 3.97. The zero-order chi connectivity index (χ0) is 9.07. The lowest BCUT2D eigenvalue weighted by Crippen LogP contribution is -2.31. The van der Waals surface area contributed by atoms with Gasteiger partial charge in [-0.1, -0.05) is 13.8 Å². The van der Waals surface area contributed by atoms with E-state index in [1.165, 1.54) is 0 Å². The third kappa shape index (κ3) is 6.19. The van der Waals surface area contributed by atoms with Gasteiger partial charge in [-0.25, -0.2) is 0 Å². The first-order chi connectivity index (χ1) is 4.83. The zero-order valence-corrected chi connectivity index (χ0v) is 7.77. The molecule has 0 fully saturated rings. The van der Waals surface area contributed by atoms with Crippen LogP contribution in [0.15, 0.2) is 0 Å². The number of rotatable bonds is 4. The lowest BCUT2D eigenvalue weighted by molar-refractivity contribution is -0.138. The van der Waals surface area contributed by atoms with Gasteiger partial charge in [-0.05, 0) is 12.8 Å². The molecule has 0 heterocycles. The lowest BCUT2D eigenvalue weighted by atomic mass is 10.0. The minimum Gasteiger partial charge on any atom is -0.480 e. The maximum atomic E-state index is 10.3. The van der Waals surface area contributed by atoms with Gasteiger partial charge in [0.2, 0.25) is 0 Å². The van der Waals surface area contributed by atoms with Gasteiger partial charge in [0.05, 0.1) is 0 Å². The monoisotopic (exact) mass is 177 g/mol.